The van der Waals surface area contributed by atoms with Gasteiger partial charge in [0.25, 0.3) is 0 Å². The summed E-state index contributed by atoms with van der Waals surface area (Å²) in [6.45, 7) is 8.55. The van der Waals surface area contributed by atoms with Crippen LogP contribution in [0.1, 0.15) is 52.9 Å². The molecule has 0 aliphatic carbocycles. The number of nitrogens with zero attached hydrogens (tertiary/aromatic N) is 1. The number of rotatable bonds is 7. The fraction of sp³-hybridized carbons (Fsp3) is 0.867. The lowest BCUT2D eigenvalue weighted by atomic mass is 10.0. The van der Waals surface area contributed by atoms with E-state index in [9.17, 15) is 9.59 Å². The summed E-state index contributed by atoms with van der Waals surface area (Å²) in [5.41, 5.74) is 0. The molecule has 2 N–H and O–H groups in total. The molecule has 0 aromatic heterocycles. The monoisotopic (exact) mass is 319 g/mol. The van der Waals surface area contributed by atoms with Gasteiger partial charge in [0.05, 0.1) is 0 Å². The standard InChI is InChI=1S/C15H29N3O2.ClH/c1-4-18(5-2)15(20)8-6-7-14(19)17-13-9-10-16-12(3)11-13;/h12-13,16H,4-11H2,1-3H3,(H,17,19);1H. The van der Waals surface area contributed by atoms with E-state index in [0.29, 0.717) is 25.3 Å². The summed E-state index contributed by atoms with van der Waals surface area (Å²) in [5, 5.41) is 6.44. The van der Waals surface area contributed by atoms with Gasteiger partial charge in [0.2, 0.25) is 11.8 Å². The van der Waals surface area contributed by atoms with E-state index in [2.05, 4.69) is 17.6 Å². The molecular weight excluding hydrogens is 290 g/mol. The van der Waals surface area contributed by atoms with E-state index in [1.54, 1.807) is 0 Å². The highest BCUT2D eigenvalue weighted by Crippen LogP contribution is 2.09. The molecule has 2 atom stereocenters. The Kier molecular flexibility index (Phi) is 10.4. The summed E-state index contributed by atoms with van der Waals surface area (Å²) in [6.07, 6.45) is 3.54. The van der Waals surface area contributed by atoms with E-state index in [4.69, 9.17) is 0 Å². The van der Waals surface area contributed by atoms with E-state index >= 15 is 0 Å². The zero-order valence-corrected chi connectivity index (χ0v) is 14.3. The Balaban J connectivity index is 0.00000400. The van der Waals surface area contributed by atoms with Crippen LogP contribution in [0, 0.1) is 0 Å². The first-order chi connectivity index (χ1) is 9.56. The Labute approximate surface area is 134 Å². The van der Waals surface area contributed by atoms with Gasteiger partial charge in [-0.1, -0.05) is 0 Å². The Hall–Kier alpha value is -0.810. The molecular formula is C15H30ClN3O2. The van der Waals surface area contributed by atoms with Gasteiger partial charge in [-0.3, -0.25) is 9.59 Å². The second-order valence-electron chi connectivity index (χ2n) is 5.56. The minimum absolute atomic E-state index is 0. The second-order valence-corrected chi connectivity index (χ2v) is 5.56. The number of carbonyl (C=O) groups is 2. The first-order valence-electron chi connectivity index (χ1n) is 7.87. The van der Waals surface area contributed by atoms with Gasteiger partial charge < -0.3 is 15.5 Å². The number of halogens is 1. The molecule has 1 fully saturated rings. The van der Waals surface area contributed by atoms with Crippen molar-refractivity contribution in [3.8, 4) is 0 Å². The van der Waals surface area contributed by atoms with Gasteiger partial charge in [-0.15, -0.1) is 12.4 Å². The van der Waals surface area contributed by atoms with E-state index < -0.39 is 0 Å². The maximum absolute atomic E-state index is 11.9. The molecule has 0 aromatic carbocycles. The predicted octanol–water partition coefficient (Wildman–Crippen LogP) is 1.70. The van der Waals surface area contributed by atoms with Gasteiger partial charge in [0, 0.05) is 38.0 Å². The zero-order chi connectivity index (χ0) is 15.0. The third-order valence-corrected chi connectivity index (χ3v) is 3.90. The predicted molar refractivity (Wildman–Crippen MR) is 87.7 cm³/mol. The molecule has 1 rings (SSSR count). The normalized spacial score (nSPS) is 21.3. The SMILES string of the molecule is CCN(CC)C(=O)CCCC(=O)NC1CCNC(C)C1.Cl. The fourth-order valence-corrected chi connectivity index (χ4v) is 2.70. The van der Waals surface area contributed by atoms with Crippen molar-refractivity contribution < 1.29 is 9.59 Å². The molecule has 5 nitrogen and oxygen atoms in total. The van der Waals surface area contributed by atoms with Crippen molar-refractivity contribution in [2.45, 2.75) is 65.0 Å². The summed E-state index contributed by atoms with van der Waals surface area (Å²) in [6, 6.07) is 0.760. The maximum Gasteiger partial charge on any atom is 0.222 e. The molecule has 0 saturated carbocycles. The lowest BCUT2D eigenvalue weighted by molar-refractivity contribution is -0.131. The van der Waals surface area contributed by atoms with Gasteiger partial charge >= 0.3 is 0 Å². The third-order valence-electron chi connectivity index (χ3n) is 3.90. The number of hydrogen-bond donors (Lipinski definition) is 2. The van der Waals surface area contributed by atoms with Gasteiger partial charge in [0.1, 0.15) is 0 Å². The summed E-state index contributed by atoms with van der Waals surface area (Å²) in [5.74, 6) is 0.231. The minimum atomic E-state index is 0. The van der Waals surface area contributed by atoms with Crippen LogP contribution < -0.4 is 10.6 Å². The van der Waals surface area contributed by atoms with Crippen LogP contribution in [-0.2, 0) is 9.59 Å². The van der Waals surface area contributed by atoms with Crippen molar-refractivity contribution in [2.75, 3.05) is 19.6 Å². The number of hydrogen-bond acceptors (Lipinski definition) is 3. The molecule has 0 spiro atoms. The topological polar surface area (TPSA) is 61.4 Å². The highest BCUT2D eigenvalue weighted by atomic mass is 35.5. The Bertz CT molecular complexity index is 322. The number of amides is 2. The summed E-state index contributed by atoms with van der Waals surface area (Å²) >= 11 is 0. The zero-order valence-electron chi connectivity index (χ0n) is 13.5. The molecule has 1 aliphatic heterocycles. The van der Waals surface area contributed by atoms with Crippen molar-refractivity contribution in [1.82, 2.24) is 15.5 Å². The molecule has 2 amide bonds. The second kappa shape index (κ2) is 10.9. The number of nitrogens with one attached hydrogen (secondary N) is 2. The Morgan fingerprint density at radius 2 is 1.90 bits per heavy atom. The van der Waals surface area contributed by atoms with Crippen molar-refractivity contribution in [1.29, 1.82) is 0 Å². The van der Waals surface area contributed by atoms with Crippen molar-refractivity contribution in [2.24, 2.45) is 0 Å². The van der Waals surface area contributed by atoms with E-state index in [0.717, 1.165) is 32.5 Å². The quantitative estimate of drug-likeness (QED) is 0.751. The van der Waals surface area contributed by atoms with E-state index in [1.165, 1.54) is 0 Å². The molecule has 124 valence electrons. The molecule has 21 heavy (non-hydrogen) atoms. The Morgan fingerprint density at radius 1 is 1.24 bits per heavy atom. The first-order valence-corrected chi connectivity index (χ1v) is 7.87. The Morgan fingerprint density at radius 3 is 2.48 bits per heavy atom. The average Bonchev–Trinajstić information content (AvgIpc) is 2.40. The molecule has 0 radical (unpaired) electrons. The van der Waals surface area contributed by atoms with E-state index in [1.807, 2.05) is 18.7 Å². The molecule has 1 aliphatic rings. The van der Waals surface area contributed by atoms with Crippen LogP contribution in [0.15, 0.2) is 0 Å². The molecule has 0 aromatic rings. The molecule has 0 bridgehead atoms. The third kappa shape index (κ3) is 7.67. The highest BCUT2D eigenvalue weighted by molar-refractivity contribution is 5.85. The average molecular weight is 320 g/mol. The van der Waals surface area contributed by atoms with Gasteiger partial charge in [0.15, 0.2) is 0 Å². The van der Waals surface area contributed by atoms with Crippen LogP contribution in [0.5, 0.6) is 0 Å². The number of carbonyl (C=O) groups excluding carboxylic acids is 2. The van der Waals surface area contributed by atoms with Crippen LogP contribution in [0.3, 0.4) is 0 Å². The fourth-order valence-electron chi connectivity index (χ4n) is 2.70. The smallest absolute Gasteiger partial charge is 0.222 e. The largest absolute Gasteiger partial charge is 0.353 e. The van der Waals surface area contributed by atoms with Gasteiger partial charge in [-0.25, -0.2) is 0 Å². The lowest BCUT2D eigenvalue weighted by Crippen LogP contribution is -2.46. The minimum Gasteiger partial charge on any atom is -0.353 e. The maximum atomic E-state index is 11.9. The highest BCUT2D eigenvalue weighted by Gasteiger charge is 2.19. The van der Waals surface area contributed by atoms with Crippen molar-refractivity contribution in [3.05, 3.63) is 0 Å². The van der Waals surface area contributed by atoms with Crippen molar-refractivity contribution >= 4 is 24.2 Å². The molecule has 6 heteroatoms. The van der Waals surface area contributed by atoms with Crippen LogP contribution >= 0.6 is 12.4 Å². The molecule has 1 saturated heterocycles. The lowest BCUT2D eigenvalue weighted by Gasteiger charge is -2.28. The van der Waals surface area contributed by atoms with Crippen LogP contribution in [0.25, 0.3) is 0 Å². The number of piperidine rings is 1. The van der Waals surface area contributed by atoms with Gasteiger partial charge in [-0.2, -0.15) is 0 Å². The first kappa shape index (κ1) is 20.2. The molecule has 2 unspecified atom stereocenters. The summed E-state index contributed by atoms with van der Waals surface area (Å²) in [7, 11) is 0. The van der Waals surface area contributed by atoms with Gasteiger partial charge in [-0.05, 0) is 46.6 Å². The summed E-state index contributed by atoms with van der Waals surface area (Å²) in [4.78, 5) is 25.5. The van der Waals surface area contributed by atoms with E-state index in [-0.39, 0.29) is 30.3 Å². The van der Waals surface area contributed by atoms with Crippen LogP contribution in [0.2, 0.25) is 0 Å². The van der Waals surface area contributed by atoms with Crippen molar-refractivity contribution in [3.63, 3.8) is 0 Å². The van der Waals surface area contributed by atoms with Crippen LogP contribution in [0.4, 0.5) is 0 Å². The molecule has 1 heterocycles. The van der Waals surface area contributed by atoms with Crippen LogP contribution in [-0.4, -0.2) is 48.4 Å². The summed E-state index contributed by atoms with van der Waals surface area (Å²) < 4.78 is 0.